The molecule has 0 radical (unpaired) electrons. The minimum atomic E-state index is 0. The van der Waals surface area contributed by atoms with Crippen molar-refractivity contribution >= 4 is 29.7 Å². The maximum atomic E-state index is 12.0. The number of carbonyl (C=O) groups is 1. The van der Waals surface area contributed by atoms with E-state index in [9.17, 15) is 4.79 Å². The van der Waals surface area contributed by atoms with Crippen LogP contribution >= 0.6 is 23.7 Å². The van der Waals surface area contributed by atoms with Gasteiger partial charge in [-0.25, -0.2) is 0 Å². The van der Waals surface area contributed by atoms with E-state index in [-0.39, 0.29) is 24.4 Å². The molecule has 2 heterocycles. The third-order valence-corrected chi connectivity index (χ3v) is 4.00. The number of ether oxygens (including phenoxy) is 2. The Balaban J connectivity index is 0.00000200. The van der Waals surface area contributed by atoms with Crippen molar-refractivity contribution in [2.45, 2.75) is 6.10 Å². The van der Waals surface area contributed by atoms with Crippen molar-refractivity contribution < 1.29 is 14.3 Å². The lowest BCUT2D eigenvalue weighted by Gasteiger charge is -2.32. The Hall–Kier alpha value is -0.660. The molecule has 1 aromatic rings. The molecule has 1 amide bonds. The predicted octanol–water partition coefficient (Wildman–Crippen LogP) is 1.31. The van der Waals surface area contributed by atoms with Gasteiger partial charge in [0, 0.05) is 25.1 Å². The van der Waals surface area contributed by atoms with Crippen LogP contribution in [0.5, 0.6) is 0 Å². The van der Waals surface area contributed by atoms with Crippen LogP contribution < -0.4 is 5.32 Å². The van der Waals surface area contributed by atoms with Gasteiger partial charge in [0.2, 0.25) is 5.91 Å². The van der Waals surface area contributed by atoms with Crippen molar-refractivity contribution in [2.24, 2.45) is 0 Å². The second-order valence-corrected chi connectivity index (χ2v) is 5.36. The van der Waals surface area contributed by atoms with E-state index in [0.29, 0.717) is 39.4 Å². The first-order valence-electron chi connectivity index (χ1n) is 6.43. The summed E-state index contributed by atoms with van der Waals surface area (Å²) in [5, 5.41) is 5.11. The van der Waals surface area contributed by atoms with Gasteiger partial charge in [-0.05, 0) is 11.4 Å². The number of rotatable bonds is 6. The molecule has 0 saturated carbocycles. The van der Waals surface area contributed by atoms with E-state index in [1.54, 1.807) is 18.4 Å². The Morgan fingerprint density at radius 3 is 3.20 bits per heavy atom. The standard InChI is InChI=1S/C13H20N2O3S.ClH/c1-17-6-4-14-9-13(16)15-5-7-18-11(10-15)12-3-2-8-19-12;/h2-3,8,11,14H,4-7,9-10H2,1H3;1H. The number of methoxy groups -OCH3 is 1. The minimum absolute atomic E-state index is 0. The molecular weight excluding hydrogens is 300 g/mol. The fraction of sp³-hybridized carbons (Fsp3) is 0.615. The van der Waals surface area contributed by atoms with Gasteiger partial charge in [0.25, 0.3) is 0 Å². The molecule has 1 fully saturated rings. The molecule has 5 nitrogen and oxygen atoms in total. The number of carbonyl (C=O) groups excluding carboxylic acids is 1. The summed E-state index contributed by atoms with van der Waals surface area (Å²) < 4.78 is 10.7. The largest absolute Gasteiger partial charge is 0.383 e. The molecule has 0 aliphatic carbocycles. The van der Waals surface area contributed by atoms with Gasteiger partial charge in [0.1, 0.15) is 6.10 Å². The third-order valence-electron chi connectivity index (χ3n) is 3.04. The lowest BCUT2D eigenvalue weighted by Crippen LogP contribution is -2.46. The van der Waals surface area contributed by atoms with Crippen molar-refractivity contribution in [1.29, 1.82) is 0 Å². The van der Waals surface area contributed by atoms with Crippen LogP contribution in [0.3, 0.4) is 0 Å². The van der Waals surface area contributed by atoms with Gasteiger partial charge in [-0.3, -0.25) is 4.79 Å². The Morgan fingerprint density at radius 1 is 1.65 bits per heavy atom. The second-order valence-electron chi connectivity index (χ2n) is 4.38. The third kappa shape index (κ3) is 5.03. The SMILES string of the molecule is COCCNCC(=O)N1CCOC(c2cccs2)C1.Cl. The van der Waals surface area contributed by atoms with E-state index >= 15 is 0 Å². The highest BCUT2D eigenvalue weighted by molar-refractivity contribution is 7.10. The monoisotopic (exact) mass is 320 g/mol. The minimum Gasteiger partial charge on any atom is -0.383 e. The molecule has 7 heteroatoms. The summed E-state index contributed by atoms with van der Waals surface area (Å²) in [6.45, 7) is 3.60. The highest BCUT2D eigenvalue weighted by Gasteiger charge is 2.25. The summed E-state index contributed by atoms with van der Waals surface area (Å²) in [6.07, 6.45) is 0.0247. The molecule has 1 aromatic heterocycles. The van der Waals surface area contributed by atoms with E-state index in [2.05, 4.69) is 11.4 Å². The van der Waals surface area contributed by atoms with E-state index in [4.69, 9.17) is 9.47 Å². The number of nitrogens with one attached hydrogen (secondary N) is 1. The fourth-order valence-corrected chi connectivity index (χ4v) is 2.77. The highest BCUT2D eigenvalue weighted by Crippen LogP contribution is 2.25. The molecule has 1 aliphatic rings. The van der Waals surface area contributed by atoms with Crippen LogP contribution in [0.15, 0.2) is 17.5 Å². The second kappa shape index (κ2) is 9.31. The first-order chi connectivity index (χ1) is 9.31. The summed E-state index contributed by atoms with van der Waals surface area (Å²) in [7, 11) is 1.65. The summed E-state index contributed by atoms with van der Waals surface area (Å²) in [6, 6.07) is 4.07. The molecule has 1 saturated heterocycles. The number of hydrogen-bond donors (Lipinski definition) is 1. The molecule has 114 valence electrons. The molecule has 1 aliphatic heterocycles. The number of morpholine rings is 1. The zero-order valence-corrected chi connectivity index (χ0v) is 13.2. The molecular formula is C13H21ClN2O3S. The number of hydrogen-bond acceptors (Lipinski definition) is 5. The van der Waals surface area contributed by atoms with Crippen molar-refractivity contribution in [3.8, 4) is 0 Å². The van der Waals surface area contributed by atoms with Crippen molar-refractivity contribution in [1.82, 2.24) is 10.2 Å². The van der Waals surface area contributed by atoms with Gasteiger partial charge < -0.3 is 19.7 Å². The zero-order chi connectivity index (χ0) is 13.5. The molecule has 20 heavy (non-hydrogen) atoms. The van der Waals surface area contributed by atoms with Crippen LogP contribution in [0.1, 0.15) is 11.0 Å². The molecule has 0 spiro atoms. The summed E-state index contributed by atoms with van der Waals surface area (Å²) in [4.78, 5) is 15.1. The number of nitrogens with zero attached hydrogens (tertiary/aromatic N) is 1. The Kier molecular flexibility index (Phi) is 8.09. The molecule has 1 unspecified atom stereocenters. The summed E-state index contributed by atoms with van der Waals surface area (Å²) in [5.41, 5.74) is 0. The van der Waals surface area contributed by atoms with Gasteiger partial charge in [0.05, 0.1) is 26.3 Å². The van der Waals surface area contributed by atoms with Crippen molar-refractivity contribution in [3.05, 3.63) is 22.4 Å². The van der Waals surface area contributed by atoms with Gasteiger partial charge in [-0.2, -0.15) is 0 Å². The Labute approximate surface area is 129 Å². The summed E-state index contributed by atoms with van der Waals surface area (Å²) in [5.74, 6) is 0.126. The molecule has 1 N–H and O–H groups in total. The lowest BCUT2D eigenvalue weighted by molar-refractivity contribution is -0.137. The van der Waals surface area contributed by atoms with E-state index in [1.165, 1.54) is 4.88 Å². The van der Waals surface area contributed by atoms with Crippen LogP contribution in [0.25, 0.3) is 0 Å². The smallest absolute Gasteiger partial charge is 0.236 e. The van der Waals surface area contributed by atoms with Crippen LogP contribution in [0.4, 0.5) is 0 Å². The Morgan fingerprint density at radius 2 is 2.50 bits per heavy atom. The average Bonchev–Trinajstić information content (AvgIpc) is 2.98. The average molecular weight is 321 g/mol. The van der Waals surface area contributed by atoms with Crippen LogP contribution in [0.2, 0.25) is 0 Å². The van der Waals surface area contributed by atoms with Crippen molar-refractivity contribution in [3.63, 3.8) is 0 Å². The predicted molar refractivity (Wildman–Crippen MR) is 81.6 cm³/mol. The van der Waals surface area contributed by atoms with Crippen molar-refractivity contribution in [2.75, 3.05) is 46.5 Å². The number of halogens is 1. The molecule has 0 aromatic carbocycles. The zero-order valence-electron chi connectivity index (χ0n) is 11.5. The highest BCUT2D eigenvalue weighted by atomic mass is 35.5. The summed E-state index contributed by atoms with van der Waals surface area (Å²) >= 11 is 1.67. The maximum Gasteiger partial charge on any atom is 0.236 e. The van der Waals surface area contributed by atoms with E-state index < -0.39 is 0 Å². The first-order valence-corrected chi connectivity index (χ1v) is 7.31. The number of thiophene rings is 1. The Bertz CT molecular complexity index is 389. The van der Waals surface area contributed by atoms with Gasteiger partial charge in [-0.15, -0.1) is 23.7 Å². The molecule has 1 atom stereocenters. The molecule has 0 bridgehead atoms. The first kappa shape index (κ1) is 17.4. The van der Waals surface area contributed by atoms with Gasteiger partial charge >= 0.3 is 0 Å². The van der Waals surface area contributed by atoms with Crippen LogP contribution in [-0.4, -0.2) is 57.3 Å². The lowest BCUT2D eigenvalue weighted by atomic mass is 10.2. The number of amides is 1. The topological polar surface area (TPSA) is 50.8 Å². The molecule has 2 rings (SSSR count). The quantitative estimate of drug-likeness (QED) is 0.803. The van der Waals surface area contributed by atoms with E-state index in [1.807, 2.05) is 16.3 Å². The van der Waals surface area contributed by atoms with Gasteiger partial charge in [-0.1, -0.05) is 6.07 Å². The van der Waals surface area contributed by atoms with E-state index in [0.717, 1.165) is 0 Å². The van der Waals surface area contributed by atoms with Crippen LogP contribution in [0, 0.1) is 0 Å². The van der Waals surface area contributed by atoms with Gasteiger partial charge in [0.15, 0.2) is 0 Å². The maximum absolute atomic E-state index is 12.0. The van der Waals surface area contributed by atoms with Crippen LogP contribution in [-0.2, 0) is 14.3 Å². The normalized spacial score (nSPS) is 18.6. The fourth-order valence-electron chi connectivity index (χ4n) is 2.00.